The maximum Gasteiger partial charge on any atom is 0.205 e. The standard InChI is InChI=1S/C14H26ClN5OS/c1-19-6-8-20(9-7-19)14(15)12(22-3)11-17-13(18-14)16-5-4-10-21-2/h11H,4-10H2,1-3H3,(H2,16,17,18). The zero-order valence-corrected chi connectivity index (χ0v) is 15.1. The number of guanidine groups is 1. The molecule has 1 atom stereocenters. The first-order valence-corrected chi connectivity index (χ1v) is 9.15. The molecular formula is C14H26ClN5OS. The number of nitrogens with zero attached hydrogens (tertiary/aromatic N) is 3. The van der Waals surface area contributed by atoms with Crippen LogP contribution in [0.5, 0.6) is 0 Å². The number of hydrogen-bond acceptors (Lipinski definition) is 5. The van der Waals surface area contributed by atoms with E-state index in [1.807, 2.05) is 12.5 Å². The summed E-state index contributed by atoms with van der Waals surface area (Å²) in [6, 6.07) is 0. The molecule has 1 unspecified atom stereocenters. The van der Waals surface area contributed by atoms with Crippen molar-refractivity contribution in [2.45, 2.75) is 11.5 Å². The summed E-state index contributed by atoms with van der Waals surface area (Å²) in [7, 11) is 3.84. The lowest BCUT2D eigenvalue weighted by molar-refractivity contribution is 0.101. The number of aliphatic imine (C=N–C) groups is 1. The van der Waals surface area contributed by atoms with Gasteiger partial charge in [-0.3, -0.25) is 9.89 Å². The normalized spacial score (nSPS) is 29.1. The van der Waals surface area contributed by atoms with Gasteiger partial charge in [-0.15, -0.1) is 11.8 Å². The Balaban J connectivity index is 2.06. The number of ether oxygens (including phenoxy) is 1. The highest BCUT2D eigenvalue weighted by molar-refractivity contribution is 8.02. The van der Waals surface area contributed by atoms with Crippen LogP contribution in [0.1, 0.15) is 6.42 Å². The Bertz CT molecular complexity index is 425. The molecule has 1 saturated heterocycles. The largest absolute Gasteiger partial charge is 0.385 e. The molecule has 0 amide bonds. The maximum atomic E-state index is 6.96. The van der Waals surface area contributed by atoms with Gasteiger partial charge in [0.2, 0.25) is 5.12 Å². The zero-order chi connectivity index (χ0) is 16.0. The number of rotatable bonds is 6. The van der Waals surface area contributed by atoms with Gasteiger partial charge in [0.15, 0.2) is 5.96 Å². The van der Waals surface area contributed by atoms with Crippen LogP contribution in [-0.4, -0.2) is 80.6 Å². The number of methoxy groups -OCH3 is 1. The summed E-state index contributed by atoms with van der Waals surface area (Å²) in [5.41, 5.74) is 0. The molecule has 0 bridgehead atoms. The van der Waals surface area contributed by atoms with Crippen LogP contribution in [0.4, 0.5) is 0 Å². The van der Waals surface area contributed by atoms with Crippen molar-refractivity contribution in [1.82, 2.24) is 20.4 Å². The zero-order valence-electron chi connectivity index (χ0n) is 13.6. The number of halogens is 1. The average molecular weight is 348 g/mol. The number of alkyl halides is 1. The van der Waals surface area contributed by atoms with E-state index in [0.29, 0.717) is 13.2 Å². The van der Waals surface area contributed by atoms with Gasteiger partial charge in [-0.1, -0.05) is 11.6 Å². The third-order valence-corrected chi connectivity index (χ3v) is 5.39. The molecule has 2 aliphatic heterocycles. The number of hydrogen-bond donors (Lipinski definition) is 2. The molecule has 0 aliphatic carbocycles. The van der Waals surface area contributed by atoms with Crippen molar-refractivity contribution in [1.29, 1.82) is 0 Å². The van der Waals surface area contributed by atoms with Gasteiger partial charge in [0, 0.05) is 52.6 Å². The van der Waals surface area contributed by atoms with Crippen LogP contribution in [-0.2, 0) is 4.74 Å². The van der Waals surface area contributed by atoms with E-state index in [1.165, 1.54) is 0 Å². The summed E-state index contributed by atoms with van der Waals surface area (Å²) in [4.78, 5) is 10.2. The Morgan fingerprint density at radius 3 is 2.77 bits per heavy atom. The van der Waals surface area contributed by atoms with Gasteiger partial charge in [-0.05, 0) is 19.7 Å². The minimum Gasteiger partial charge on any atom is -0.385 e. The van der Waals surface area contributed by atoms with Crippen LogP contribution < -0.4 is 10.6 Å². The van der Waals surface area contributed by atoms with E-state index in [2.05, 4.69) is 32.5 Å². The highest BCUT2D eigenvalue weighted by atomic mass is 35.5. The molecule has 22 heavy (non-hydrogen) atoms. The summed E-state index contributed by atoms with van der Waals surface area (Å²) in [5, 5.41) is 5.87. The van der Waals surface area contributed by atoms with Gasteiger partial charge in [0.05, 0.1) is 4.91 Å². The van der Waals surface area contributed by atoms with Crippen LogP contribution in [0.3, 0.4) is 0 Å². The Labute approximate surface area is 142 Å². The molecule has 6 nitrogen and oxygen atoms in total. The fourth-order valence-electron chi connectivity index (χ4n) is 2.51. The van der Waals surface area contributed by atoms with Crippen LogP contribution in [0.25, 0.3) is 0 Å². The molecular weight excluding hydrogens is 322 g/mol. The van der Waals surface area contributed by atoms with E-state index in [1.54, 1.807) is 18.9 Å². The Kier molecular flexibility index (Phi) is 6.83. The molecule has 0 radical (unpaired) electrons. The molecule has 2 rings (SSSR count). The van der Waals surface area contributed by atoms with E-state index in [-0.39, 0.29) is 0 Å². The third kappa shape index (κ3) is 4.29. The van der Waals surface area contributed by atoms with E-state index in [9.17, 15) is 0 Å². The summed E-state index contributed by atoms with van der Waals surface area (Å²) >= 11 is 8.62. The maximum absolute atomic E-state index is 6.96. The fourth-order valence-corrected chi connectivity index (χ4v) is 3.68. The number of nitrogens with one attached hydrogen (secondary N) is 2. The Morgan fingerprint density at radius 2 is 2.14 bits per heavy atom. The van der Waals surface area contributed by atoms with Gasteiger partial charge in [-0.2, -0.15) is 0 Å². The van der Waals surface area contributed by atoms with Crippen molar-refractivity contribution in [2.75, 3.05) is 59.7 Å². The van der Waals surface area contributed by atoms with E-state index in [4.69, 9.17) is 16.3 Å². The monoisotopic (exact) mass is 347 g/mol. The van der Waals surface area contributed by atoms with Gasteiger partial charge in [-0.25, -0.2) is 0 Å². The lowest BCUT2D eigenvalue weighted by Gasteiger charge is -2.46. The fraction of sp³-hybridized carbons (Fsp3) is 0.786. The average Bonchev–Trinajstić information content (AvgIpc) is 2.52. The van der Waals surface area contributed by atoms with Crippen LogP contribution in [0.15, 0.2) is 16.1 Å². The minimum atomic E-state index is -0.702. The number of thioether (sulfide) groups is 1. The predicted octanol–water partition coefficient (Wildman–Crippen LogP) is 0.916. The molecule has 126 valence electrons. The Morgan fingerprint density at radius 1 is 1.41 bits per heavy atom. The van der Waals surface area contributed by atoms with Gasteiger partial charge in [0.25, 0.3) is 0 Å². The molecule has 2 heterocycles. The van der Waals surface area contributed by atoms with E-state index < -0.39 is 5.12 Å². The van der Waals surface area contributed by atoms with Crippen molar-refractivity contribution >= 4 is 29.3 Å². The second-order valence-corrected chi connectivity index (χ2v) is 6.87. The molecule has 0 aromatic heterocycles. The van der Waals surface area contributed by atoms with Crippen molar-refractivity contribution in [2.24, 2.45) is 4.99 Å². The SMILES string of the molecule is COCCCN=C1NC=C(SC)C(Cl)(N2CCN(C)CC2)N1. The third-order valence-electron chi connectivity index (χ3n) is 3.89. The van der Waals surface area contributed by atoms with Gasteiger partial charge >= 0.3 is 0 Å². The summed E-state index contributed by atoms with van der Waals surface area (Å²) in [5.74, 6) is 0.725. The molecule has 1 fully saturated rings. The molecule has 2 aliphatic rings. The molecule has 0 saturated carbocycles. The molecule has 0 aromatic rings. The number of piperazine rings is 1. The molecule has 8 heteroatoms. The molecule has 2 N–H and O–H groups in total. The lowest BCUT2D eigenvalue weighted by atomic mass is 10.2. The van der Waals surface area contributed by atoms with E-state index in [0.717, 1.165) is 43.5 Å². The smallest absolute Gasteiger partial charge is 0.205 e. The highest BCUT2D eigenvalue weighted by Gasteiger charge is 2.42. The van der Waals surface area contributed by atoms with Crippen molar-refractivity contribution < 1.29 is 4.74 Å². The summed E-state index contributed by atoms with van der Waals surface area (Å²) in [6.07, 6.45) is 4.90. The summed E-state index contributed by atoms with van der Waals surface area (Å²) in [6.45, 7) is 5.33. The van der Waals surface area contributed by atoms with Crippen LogP contribution >= 0.6 is 23.4 Å². The van der Waals surface area contributed by atoms with Crippen LogP contribution in [0, 0.1) is 0 Å². The highest BCUT2D eigenvalue weighted by Crippen LogP contribution is 2.35. The van der Waals surface area contributed by atoms with Crippen molar-refractivity contribution in [3.05, 3.63) is 11.1 Å². The number of likely N-dealkylation sites (N-methyl/N-ethyl adjacent to an activating group) is 1. The first-order valence-electron chi connectivity index (χ1n) is 7.55. The second-order valence-electron chi connectivity index (χ2n) is 5.47. The first kappa shape index (κ1) is 17.9. The Hall–Kier alpha value is -0.470. The van der Waals surface area contributed by atoms with Crippen LogP contribution in [0.2, 0.25) is 0 Å². The minimum absolute atomic E-state index is 0.702. The second kappa shape index (κ2) is 8.40. The van der Waals surface area contributed by atoms with Gasteiger partial charge < -0.3 is 20.3 Å². The topological polar surface area (TPSA) is 52.1 Å². The lowest BCUT2D eigenvalue weighted by Crippen LogP contribution is -2.65. The predicted molar refractivity (Wildman–Crippen MR) is 94.3 cm³/mol. The van der Waals surface area contributed by atoms with Gasteiger partial charge in [0.1, 0.15) is 0 Å². The quantitative estimate of drug-likeness (QED) is 0.423. The molecule has 0 aromatic carbocycles. The summed E-state index contributed by atoms with van der Waals surface area (Å²) < 4.78 is 5.05. The van der Waals surface area contributed by atoms with Crippen molar-refractivity contribution in [3.63, 3.8) is 0 Å². The van der Waals surface area contributed by atoms with Crippen molar-refractivity contribution in [3.8, 4) is 0 Å². The first-order chi connectivity index (χ1) is 10.6. The van der Waals surface area contributed by atoms with E-state index >= 15 is 0 Å². The molecule has 0 spiro atoms.